The van der Waals surface area contributed by atoms with Gasteiger partial charge in [0.15, 0.2) is 0 Å². The van der Waals surface area contributed by atoms with Crippen LogP contribution in [0.15, 0.2) is 36.4 Å². The molecule has 0 bridgehead atoms. The summed E-state index contributed by atoms with van der Waals surface area (Å²) in [6, 6.07) is 6.25. The summed E-state index contributed by atoms with van der Waals surface area (Å²) in [5, 5.41) is 0. The summed E-state index contributed by atoms with van der Waals surface area (Å²) in [7, 11) is 0. The molecule has 6 heteroatoms. The molecule has 0 N–H and O–H groups in total. The minimum Gasteiger partial charge on any atom is -0.334 e. The van der Waals surface area contributed by atoms with Crippen molar-refractivity contribution in [3.05, 3.63) is 47.8 Å². The summed E-state index contributed by atoms with van der Waals surface area (Å²) >= 11 is 0. The molecule has 1 saturated heterocycles. The van der Waals surface area contributed by atoms with Crippen LogP contribution in [0.5, 0.6) is 0 Å². The van der Waals surface area contributed by atoms with Gasteiger partial charge in [-0.15, -0.1) is 0 Å². The third-order valence-electron chi connectivity index (χ3n) is 6.49. The zero-order valence-corrected chi connectivity index (χ0v) is 16.6. The van der Waals surface area contributed by atoms with Crippen molar-refractivity contribution >= 4 is 17.7 Å². The first-order valence-electron chi connectivity index (χ1n) is 10.6. The van der Waals surface area contributed by atoms with E-state index in [-0.39, 0.29) is 48.0 Å². The van der Waals surface area contributed by atoms with Crippen molar-refractivity contribution in [2.24, 2.45) is 11.8 Å². The van der Waals surface area contributed by atoms with Crippen molar-refractivity contribution in [2.75, 3.05) is 6.54 Å². The van der Waals surface area contributed by atoms with E-state index in [1.165, 1.54) is 17.0 Å². The second-order valence-corrected chi connectivity index (χ2v) is 8.36. The first kappa shape index (κ1) is 19.8. The Balaban J connectivity index is 1.50. The Hall–Kier alpha value is -2.50. The largest absolute Gasteiger partial charge is 0.334 e. The van der Waals surface area contributed by atoms with E-state index in [1.807, 2.05) is 12.2 Å². The van der Waals surface area contributed by atoms with Gasteiger partial charge in [0.05, 0.1) is 11.8 Å². The number of benzene rings is 1. The van der Waals surface area contributed by atoms with E-state index >= 15 is 0 Å². The average Bonchev–Trinajstić information content (AvgIpc) is 2.99. The summed E-state index contributed by atoms with van der Waals surface area (Å²) in [6.07, 6.45) is 10.2. The molecule has 2 aliphatic carbocycles. The SMILES string of the molecule is O=C1C2CC=CCC2C(=O)N1CC(=O)N(Cc1ccc(F)cc1)C1CCCCC1. The maximum Gasteiger partial charge on any atom is 0.243 e. The van der Waals surface area contributed by atoms with E-state index in [4.69, 9.17) is 0 Å². The third-order valence-corrected chi connectivity index (χ3v) is 6.49. The number of halogens is 1. The van der Waals surface area contributed by atoms with Gasteiger partial charge in [-0.3, -0.25) is 19.3 Å². The Kier molecular flexibility index (Phi) is 5.79. The van der Waals surface area contributed by atoms with E-state index in [9.17, 15) is 18.8 Å². The maximum atomic E-state index is 13.3. The van der Waals surface area contributed by atoms with Gasteiger partial charge in [0.2, 0.25) is 17.7 Å². The number of fused-ring (bicyclic) bond motifs is 1. The van der Waals surface area contributed by atoms with Gasteiger partial charge in [0.25, 0.3) is 0 Å². The normalized spacial score (nSPS) is 24.7. The highest BCUT2D eigenvalue weighted by Crippen LogP contribution is 2.35. The summed E-state index contributed by atoms with van der Waals surface area (Å²) in [6.45, 7) is 0.177. The molecule has 1 heterocycles. The van der Waals surface area contributed by atoms with E-state index in [0.29, 0.717) is 19.4 Å². The van der Waals surface area contributed by atoms with Crippen LogP contribution in [0.2, 0.25) is 0 Å². The number of nitrogens with zero attached hydrogens (tertiary/aromatic N) is 2. The lowest BCUT2D eigenvalue weighted by molar-refractivity contribution is -0.148. The van der Waals surface area contributed by atoms with E-state index in [2.05, 4.69) is 0 Å². The van der Waals surface area contributed by atoms with Crippen LogP contribution in [-0.4, -0.2) is 40.1 Å². The highest BCUT2D eigenvalue weighted by molar-refractivity contribution is 6.07. The van der Waals surface area contributed by atoms with E-state index < -0.39 is 0 Å². The first-order valence-corrected chi connectivity index (χ1v) is 10.6. The predicted molar refractivity (Wildman–Crippen MR) is 106 cm³/mol. The lowest BCUT2D eigenvalue weighted by Gasteiger charge is -2.35. The van der Waals surface area contributed by atoms with Crippen LogP contribution in [0.4, 0.5) is 4.39 Å². The lowest BCUT2D eigenvalue weighted by atomic mass is 9.85. The van der Waals surface area contributed by atoms with Crippen molar-refractivity contribution in [1.29, 1.82) is 0 Å². The van der Waals surface area contributed by atoms with Crippen LogP contribution < -0.4 is 0 Å². The standard InChI is InChI=1S/C23H27FN2O3/c24-17-12-10-16(11-13-17)14-25(18-6-2-1-3-7-18)21(27)15-26-22(28)19-8-4-5-9-20(19)23(26)29/h4-5,10-13,18-20H,1-3,6-9,14-15H2. The third kappa shape index (κ3) is 4.11. The molecule has 3 aliphatic rings. The van der Waals surface area contributed by atoms with Gasteiger partial charge in [-0.2, -0.15) is 0 Å². The number of hydrogen-bond donors (Lipinski definition) is 0. The van der Waals surface area contributed by atoms with E-state index in [0.717, 1.165) is 37.7 Å². The number of imide groups is 1. The topological polar surface area (TPSA) is 57.7 Å². The monoisotopic (exact) mass is 398 g/mol. The molecule has 29 heavy (non-hydrogen) atoms. The maximum absolute atomic E-state index is 13.3. The van der Waals surface area contributed by atoms with Crippen LogP contribution in [0, 0.1) is 17.7 Å². The zero-order valence-electron chi connectivity index (χ0n) is 16.6. The van der Waals surface area contributed by atoms with Crippen molar-refractivity contribution in [2.45, 2.75) is 57.5 Å². The van der Waals surface area contributed by atoms with Gasteiger partial charge in [-0.25, -0.2) is 4.39 Å². The van der Waals surface area contributed by atoms with Gasteiger partial charge in [-0.05, 0) is 43.4 Å². The molecule has 2 fully saturated rings. The number of carbonyl (C=O) groups is 3. The van der Waals surface area contributed by atoms with Gasteiger partial charge < -0.3 is 4.90 Å². The van der Waals surface area contributed by atoms with Gasteiger partial charge in [0, 0.05) is 12.6 Å². The number of allylic oxidation sites excluding steroid dienone is 2. The Morgan fingerprint density at radius 2 is 1.55 bits per heavy atom. The summed E-state index contributed by atoms with van der Waals surface area (Å²) in [5.74, 6) is -1.59. The Bertz CT molecular complexity index is 788. The fourth-order valence-electron chi connectivity index (χ4n) is 4.85. The smallest absolute Gasteiger partial charge is 0.243 e. The molecule has 2 unspecified atom stereocenters. The number of hydrogen-bond acceptors (Lipinski definition) is 3. The van der Waals surface area contributed by atoms with Crippen LogP contribution in [0.1, 0.15) is 50.5 Å². The van der Waals surface area contributed by atoms with Crippen molar-refractivity contribution in [3.8, 4) is 0 Å². The molecule has 1 aromatic carbocycles. The van der Waals surface area contributed by atoms with E-state index in [1.54, 1.807) is 17.0 Å². The highest BCUT2D eigenvalue weighted by Gasteiger charge is 2.48. The first-order chi connectivity index (χ1) is 14.0. The average molecular weight is 398 g/mol. The predicted octanol–water partition coefficient (Wildman–Crippen LogP) is 3.44. The van der Waals surface area contributed by atoms with Crippen LogP contribution in [-0.2, 0) is 20.9 Å². The molecule has 3 amide bonds. The molecule has 2 atom stereocenters. The molecule has 0 spiro atoms. The molecule has 5 nitrogen and oxygen atoms in total. The molecule has 0 aromatic heterocycles. The number of amides is 3. The fourth-order valence-corrected chi connectivity index (χ4v) is 4.85. The van der Waals surface area contributed by atoms with Gasteiger partial charge >= 0.3 is 0 Å². The van der Waals surface area contributed by atoms with Crippen molar-refractivity contribution in [1.82, 2.24) is 9.80 Å². The fraction of sp³-hybridized carbons (Fsp3) is 0.522. The molecule has 0 radical (unpaired) electrons. The number of carbonyl (C=O) groups excluding carboxylic acids is 3. The Morgan fingerprint density at radius 3 is 2.14 bits per heavy atom. The summed E-state index contributed by atoms with van der Waals surface area (Å²) in [4.78, 5) is 41.7. The molecule has 4 rings (SSSR count). The summed E-state index contributed by atoms with van der Waals surface area (Å²) < 4.78 is 13.3. The molecule has 1 saturated carbocycles. The number of likely N-dealkylation sites (tertiary alicyclic amines) is 1. The summed E-state index contributed by atoms with van der Waals surface area (Å²) in [5.41, 5.74) is 0.849. The highest BCUT2D eigenvalue weighted by atomic mass is 19.1. The lowest BCUT2D eigenvalue weighted by Crippen LogP contribution is -2.47. The van der Waals surface area contributed by atoms with Gasteiger partial charge in [0.1, 0.15) is 12.4 Å². The van der Waals surface area contributed by atoms with Gasteiger partial charge in [-0.1, -0.05) is 43.5 Å². The molecule has 154 valence electrons. The Morgan fingerprint density at radius 1 is 0.966 bits per heavy atom. The Labute approximate surface area is 170 Å². The second-order valence-electron chi connectivity index (χ2n) is 8.36. The minimum absolute atomic E-state index is 0.0954. The van der Waals surface area contributed by atoms with Crippen molar-refractivity contribution in [3.63, 3.8) is 0 Å². The molecule has 1 aliphatic heterocycles. The zero-order chi connectivity index (χ0) is 20.4. The number of rotatable bonds is 5. The van der Waals surface area contributed by atoms with Crippen LogP contribution >= 0.6 is 0 Å². The second kappa shape index (κ2) is 8.47. The van der Waals surface area contributed by atoms with Crippen LogP contribution in [0.3, 0.4) is 0 Å². The molecule has 1 aromatic rings. The minimum atomic E-state index is -0.319. The quantitative estimate of drug-likeness (QED) is 0.564. The molecular weight excluding hydrogens is 371 g/mol. The van der Waals surface area contributed by atoms with Crippen LogP contribution in [0.25, 0.3) is 0 Å². The van der Waals surface area contributed by atoms with Crippen molar-refractivity contribution < 1.29 is 18.8 Å². The molecular formula is C23H27FN2O3.